The molecule has 6 nitrogen and oxygen atoms in total. The van der Waals surface area contributed by atoms with Gasteiger partial charge in [-0.05, 0) is 48.5 Å². The maximum atomic E-state index is 13.3. The Hall–Kier alpha value is -4.00. The van der Waals surface area contributed by atoms with Gasteiger partial charge >= 0.3 is 0 Å². The molecule has 0 saturated carbocycles. The Morgan fingerprint density at radius 3 is 2.31 bits per heavy atom. The number of aromatic nitrogens is 3. The third-order valence-electron chi connectivity index (χ3n) is 4.26. The van der Waals surface area contributed by atoms with Crippen LogP contribution in [0.1, 0.15) is 10.6 Å². The SMILES string of the molecule is COc1ccc(NC(=O)c2nc(-c3ccccc3)n(-c3ccc(F)cc3)n2)cc1. The Balaban J connectivity index is 1.70. The van der Waals surface area contributed by atoms with Gasteiger partial charge in [-0.3, -0.25) is 4.79 Å². The molecule has 3 aromatic carbocycles. The van der Waals surface area contributed by atoms with Crippen molar-refractivity contribution in [1.29, 1.82) is 0 Å². The van der Waals surface area contributed by atoms with E-state index in [1.54, 1.807) is 43.5 Å². The minimum Gasteiger partial charge on any atom is -0.497 e. The van der Waals surface area contributed by atoms with Crippen LogP contribution in [0.4, 0.5) is 10.1 Å². The number of benzene rings is 3. The summed E-state index contributed by atoms with van der Waals surface area (Å²) in [6.07, 6.45) is 0. The van der Waals surface area contributed by atoms with E-state index in [2.05, 4.69) is 15.4 Å². The minimum atomic E-state index is -0.451. The van der Waals surface area contributed by atoms with Crippen molar-refractivity contribution in [3.8, 4) is 22.8 Å². The summed E-state index contributed by atoms with van der Waals surface area (Å²) in [4.78, 5) is 17.1. The molecule has 0 radical (unpaired) electrons. The fourth-order valence-electron chi connectivity index (χ4n) is 2.81. The van der Waals surface area contributed by atoms with Crippen molar-refractivity contribution in [3.05, 3.63) is 90.5 Å². The van der Waals surface area contributed by atoms with Gasteiger partial charge in [0.05, 0.1) is 12.8 Å². The van der Waals surface area contributed by atoms with Crippen molar-refractivity contribution >= 4 is 11.6 Å². The van der Waals surface area contributed by atoms with Crippen LogP contribution in [0.2, 0.25) is 0 Å². The Kier molecular flexibility index (Phi) is 5.03. The lowest BCUT2D eigenvalue weighted by molar-refractivity contribution is 0.101. The Morgan fingerprint density at radius 1 is 0.966 bits per heavy atom. The lowest BCUT2D eigenvalue weighted by atomic mass is 10.2. The summed E-state index contributed by atoms with van der Waals surface area (Å²) in [6.45, 7) is 0. The van der Waals surface area contributed by atoms with E-state index in [0.29, 0.717) is 22.9 Å². The van der Waals surface area contributed by atoms with E-state index in [0.717, 1.165) is 5.56 Å². The first kappa shape index (κ1) is 18.4. The molecule has 1 N–H and O–H groups in total. The van der Waals surface area contributed by atoms with Crippen LogP contribution in [-0.2, 0) is 0 Å². The highest BCUT2D eigenvalue weighted by Gasteiger charge is 2.19. The second-order valence-electron chi connectivity index (χ2n) is 6.20. The topological polar surface area (TPSA) is 69.0 Å². The number of ether oxygens (including phenoxy) is 1. The number of anilines is 1. The van der Waals surface area contributed by atoms with E-state index in [4.69, 9.17) is 4.74 Å². The van der Waals surface area contributed by atoms with E-state index in [9.17, 15) is 9.18 Å². The van der Waals surface area contributed by atoms with E-state index in [1.165, 1.54) is 16.8 Å². The number of nitrogens with one attached hydrogen (secondary N) is 1. The van der Waals surface area contributed by atoms with Crippen LogP contribution >= 0.6 is 0 Å². The molecule has 4 rings (SSSR count). The zero-order chi connectivity index (χ0) is 20.2. The number of carbonyl (C=O) groups is 1. The molecule has 1 heterocycles. The average molecular weight is 388 g/mol. The molecular formula is C22H17FN4O2. The molecule has 0 aliphatic heterocycles. The summed E-state index contributed by atoms with van der Waals surface area (Å²) in [5.41, 5.74) is 1.98. The molecule has 0 spiro atoms. The Labute approximate surface area is 166 Å². The summed E-state index contributed by atoms with van der Waals surface area (Å²) in [7, 11) is 1.57. The standard InChI is InChI=1S/C22H17FN4O2/c1-29-19-13-9-17(10-14-19)24-22(28)20-25-21(15-5-3-2-4-6-15)27(26-20)18-11-7-16(23)8-12-18/h2-14H,1H3,(H,24,28). The molecule has 0 bridgehead atoms. The Morgan fingerprint density at radius 2 is 1.66 bits per heavy atom. The lowest BCUT2D eigenvalue weighted by Gasteiger charge is -2.05. The molecule has 4 aromatic rings. The van der Waals surface area contributed by atoms with Crippen molar-refractivity contribution in [2.24, 2.45) is 0 Å². The molecule has 29 heavy (non-hydrogen) atoms. The van der Waals surface area contributed by atoms with Crippen LogP contribution in [0.5, 0.6) is 5.75 Å². The lowest BCUT2D eigenvalue weighted by Crippen LogP contribution is -2.14. The van der Waals surface area contributed by atoms with Gasteiger partial charge < -0.3 is 10.1 Å². The molecule has 1 amide bonds. The number of methoxy groups -OCH3 is 1. The molecule has 0 fully saturated rings. The maximum Gasteiger partial charge on any atom is 0.295 e. The van der Waals surface area contributed by atoms with E-state index in [-0.39, 0.29) is 11.6 Å². The van der Waals surface area contributed by atoms with Crippen molar-refractivity contribution in [1.82, 2.24) is 14.8 Å². The number of hydrogen-bond acceptors (Lipinski definition) is 4. The van der Waals surface area contributed by atoms with Gasteiger partial charge in [0, 0.05) is 11.3 Å². The van der Waals surface area contributed by atoms with Crippen molar-refractivity contribution in [2.75, 3.05) is 12.4 Å². The van der Waals surface area contributed by atoms with Crippen LogP contribution in [0.15, 0.2) is 78.9 Å². The van der Waals surface area contributed by atoms with Gasteiger partial charge in [0.1, 0.15) is 11.6 Å². The quantitative estimate of drug-likeness (QED) is 0.552. The van der Waals surface area contributed by atoms with Crippen molar-refractivity contribution < 1.29 is 13.9 Å². The second kappa shape index (κ2) is 7.93. The number of carbonyl (C=O) groups excluding carboxylic acids is 1. The molecule has 144 valence electrons. The number of amides is 1. The smallest absolute Gasteiger partial charge is 0.295 e. The van der Waals surface area contributed by atoms with E-state index in [1.807, 2.05) is 30.3 Å². The van der Waals surface area contributed by atoms with Gasteiger partial charge in [0.25, 0.3) is 5.91 Å². The molecule has 0 unspecified atom stereocenters. The summed E-state index contributed by atoms with van der Waals surface area (Å²) >= 11 is 0. The molecule has 0 atom stereocenters. The van der Waals surface area contributed by atoms with Gasteiger partial charge in [0.2, 0.25) is 5.82 Å². The molecule has 7 heteroatoms. The maximum absolute atomic E-state index is 13.3. The third-order valence-corrected chi connectivity index (χ3v) is 4.26. The highest BCUT2D eigenvalue weighted by Crippen LogP contribution is 2.22. The normalized spacial score (nSPS) is 10.6. The third kappa shape index (κ3) is 3.98. The summed E-state index contributed by atoms with van der Waals surface area (Å²) in [6, 6.07) is 22.2. The van der Waals surface area contributed by atoms with Crippen LogP contribution in [-0.4, -0.2) is 27.8 Å². The fourth-order valence-corrected chi connectivity index (χ4v) is 2.81. The van der Waals surface area contributed by atoms with Crippen molar-refractivity contribution in [2.45, 2.75) is 0 Å². The first-order valence-electron chi connectivity index (χ1n) is 8.88. The van der Waals surface area contributed by atoms with Crippen LogP contribution < -0.4 is 10.1 Å². The van der Waals surface area contributed by atoms with Crippen LogP contribution in [0, 0.1) is 5.82 Å². The molecular weight excluding hydrogens is 371 g/mol. The molecule has 0 saturated heterocycles. The van der Waals surface area contributed by atoms with Crippen LogP contribution in [0.3, 0.4) is 0 Å². The molecule has 1 aromatic heterocycles. The highest BCUT2D eigenvalue weighted by molar-refractivity contribution is 6.01. The summed E-state index contributed by atoms with van der Waals surface area (Å²) in [5, 5.41) is 7.13. The van der Waals surface area contributed by atoms with Gasteiger partial charge in [-0.2, -0.15) is 0 Å². The number of halogens is 1. The fraction of sp³-hybridized carbons (Fsp3) is 0.0455. The van der Waals surface area contributed by atoms with E-state index < -0.39 is 5.91 Å². The number of hydrogen-bond donors (Lipinski definition) is 1. The monoisotopic (exact) mass is 388 g/mol. The van der Waals surface area contributed by atoms with Crippen molar-refractivity contribution in [3.63, 3.8) is 0 Å². The largest absolute Gasteiger partial charge is 0.497 e. The Bertz CT molecular complexity index is 1120. The van der Waals surface area contributed by atoms with Gasteiger partial charge in [-0.15, -0.1) is 5.10 Å². The van der Waals surface area contributed by atoms with Gasteiger partial charge in [-0.25, -0.2) is 14.1 Å². The van der Waals surface area contributed by atoms with Gasteiger partial charge in [-0.1, -0.05) is 30.3 Å². The number of nitrogens with zero attached hydrogens (tertiary/aromatic N) is 3. The zero-order valence-corrected chi connectivity index (χ0v) is 15.5. The first-order chi connectivity index (χ1) is 14.1. The highest BCUT2D eigenvalue weighted by atomic mass is 19.1. The molecule has 0 aliphatic rings. The predicted molar refractivity (Wildman–Crippen MR) is 108 cm³/mol. The van der Waals surface area contributed by atoms with E-state index >= 15 is 0 Å². The summed E-state index contributed by atoms with van der Waals surface area (Å²) in [5.74, 6) is 0.370. The summed E-state index contributed by atoms with van der Waals surface area (Å²) < 4.78 is 20.0. The molecule has 0 aliphatic carbocycles. The average Bonchev–Trinajstić information content (AvgIpc) is 3.21. The number of rotatable bonds is 5. The zero-order valence-electron chi connectivity index (χ0n) is 15.5. The first-order valence-corrected chi connectivity index (χ1v) is 8.88. The minimum absolute atomic E-state index is 0.00370. The predicted octanol–water partition coefficient (Wildman–Crippen LogP) is 4.33. The second-order valence-corrected chi connectivity index (χ2v) is 6.20. The van der Waals surface area contributed by atoms with Gasteiger partial charge in [0.15, 0.2) is 5.82 Å². The van der Waals surface area contributed by atoms with Crippen LogP contribution in [0.25, 0.3) is 17.1 Å².